The number of para-hydroxylation sites is 1. The number of halogens is 1. The molecule has 9 N–H and O–H groups in total. The normalized spacial score (nSPS) is 13.1. The summed E-state index contributed by atoms with van der Waals surface area (Å²) in [6.45, 7) is 3.52. The van der Waals surface area contributed by atoms with Crippen LogP contribution in [0.4, 0.5) is 0 Å². The molecule has 3 amide bonds. The standard InChI is InChI=1S/C38H46ClN5O4S.CH5N3/c1-4-10-36(38(47)43-35(37(46)40-3)24-29-21-30-13-8-9-14-34(30)41-25-29)48-44-49-33(23-27-11-6-5-7-12-27)20-19-32(42-26(2)45)22-28-15-17-31(39)18-16-28;2-1(3)4/h5-9,11-18,21,25,32-33,35-36,44H,4,10,19-20,22-24H2,1-3H3,(H,40,46)(H,42,45)(H,43,47);(H5,2,3,4)/t32-,33-,35?,36+;/m1./s1. The van der Waals surface area contributed by atoms with Crippen LogP contribution in [0.25, 0.3) is 10.9 Å². The van der Waals surface area contributed by atoms with Crippen molar-refractivity contribution in [2.45, 2.75) is 82.2 Å². The van der Waals surface area contributed by atoms with Crippen LogP contribution < -0.4 is 32.3 Å². The van der Waals surface area contributed by atoms with E-state index in [1.807, 2.05) is 79.7 Å². The summed E-state index contributed by atoms with van der Waals surface area (Å²) in [6.07, 6.45) is 5.35. The van der Waals surface area contributed by atoms with E-state index in [0.717, 1.165) is 41.3 Å². The number of hydrogen-bond donors (Lipinski definition) is 7. The van der Waals surface area contributed by atoms with E-state index < -0.39 is 12.1 Å². The molecule has 4 rings (SSSR count). The molecule has 53 heavy (non-hydrogen) atoms. The molecule has 0 fully saturated rings. The Morgan fingerprint density at radius 2 is 1.51 bits per heavy atom. The van der Waals surface area contributed by atoms with Gasteiger partial charge in [-0.3, -0.25) is 29.6 Å². The molecule has 4 aromatic rings. The molecular weight excluding hydrogens is 712 g/mol. The van der Waals surface area contributed by atoms with Crippen molar-refractivity contribution in [3.05, 3.63) is 113 Å². The summed E-state index contributed by atoms with van der Waals surface area (Å²) in [7, 11) is 1.55. The number of amides is 3. The molecule has 284 valence electrons. The number of hydrogen-bond acceptors (Lipinski definition) is 8. The number of carbonyl (C=O) groups is 3. The number of nitrogens with one attached hydrogen (secondary N) is 5. The number of likely N-dealkylation sites (N-methyl/N-ethyl adjacent to an activating group) is 1. The van der Waals surface area contributed by atoms with E-state index in [1.54, 1.807) is 13.2 Å². The van der Waals surface area contributed by atoms with Crippen molar-refractivity contribution < 1.29 is 19.2 Å². The molecule has 0 saturated heterocycles. The maximum atomic E-state index is 13.5. The lowest BCUT2D eigenvalue weighted by Gasteiger charge is -2.24. The molecule has 0 aliphatic carbocycles. The van der Waals surface area contributed by atoms with Gasteiger partial charge in [0.25, 0.3) is 5.91 Å². The van der Waals surface area contributed by atoms with Crippen LogP contribution in [0.3, 0.4) is 0 Å². The molecular formula is C39H51ClN8O4S. The summed E-state index contributed by atoms with van der Waals surface area (Å²) in [5, 5.41) is 16.5. The fraction of sp³-hybridized carbons (Fsp3) is 0.359. The van der Waals surface area contributed by atoms with Crippen LogP contribution in [0.15, 0.2) is 91.1 Å². The molecule has 3 aromatic carbocycles. The van der Waals surface area contributed by atoms with Crippen LogP contribution >= 0.6 is 23.5 Å². The molecule has 0 radical (unpaired) electrons. The van der Waals surface area contributed by atoms with Crippen LogP contribution in [-0.4, -0.2) is 59.2 Å². The smallest absolute Gasteiger partial charge is 0.251 e. The van der Waals surface area contributed by atoms with E-state index in [1.165, 1.54) is 24.4 Å². The third kappa shape index (κ3) is 16.3. The Bertz CT molecular complexity index is 1740. The molecule has 4 atom stereocenters. The zero-order chi connectivity index (χ0) is 38.6. The third-order valence-electron chi connectivity index (χ3n) is 8.16. The summed E-state index contributed by atoms with van der Waals surface area (Å²) >= 11 is 7.50. The zero-order valence-corrected chi connectivity index (χ0v) is 32.0. The molecule has 14 heteroatoms. The number of nitrogens with two attached hydrogens (primary N) is 2. The fourth-order valence-electron chi connectivity index (χ4n) is 5.66. The summed E-state index contributed by atoms with van der Waals surface area (Å²) in [6, 6.07) is 26.8. The lowest BCUT2D eigenvalue weighted by molar-refractivity contribution is -0.138. The zero-order valence-electron chi connectivity index (χ0n) is 30.4. The molecule has 0 aliphatic heterocycles. The van der Waals surface area contributed by atoms with E-state index in [2.05, 4.69) is 49.4 Å². The van der Waals surface area contributed by atoms with Crippen LogP contribution in [-0.2, 0) is 38.5 Å². The maximum absolute atomic E-state index is 13.5. The third-order valence-corrected chi connectivity index (χ3v) is 9.34. The number of nitrogens with zero attached hydrogens (tertiary/aromatic N) is 1. The van der Waals surface area contributed by atoms with E-state index >= 15 is 0 Å². The highest BCUT2D eigenvalue weighted by Gasteiger charge is 2.27. The van der Waals surface area contributed by atoms with Crippen molar-refractivity contribution in [3.8, 4) is 0 Å². The van der Waals surface area contributed by atoms with Gasteiger partial charge in [-0.2, -0.15) is 0 Å². The Balaban J connectivity index is 0.00000180. The number of guanidine groups is 1. The topological polar surface area (TPSA) is 197 Å². The minimum atomic E-state index is -0.811. The Morgan fingerprint density at radius 1 is 0.849 bits per heavy atom. The molecule has 1 heterocycles. The maximum Gasteiger partial charge on any atom is 0.251 e. The van der Waals surface area contributed by atoms with Crippen molar-refractivity contribution in [2.75, 3.05) is 7.05 Å². The first-order valence-electron chi connectivity index (χ1n) is 17.5. The van der Waals surface area contributed by atoms with Gasteiger partial charge < -0.3 is 27.4 Å². The Hall–Kier alpha value is -4.69. The van der Waals surface area contributed by atoms with E-state index in [0.29, 0.717) is 24.3 Å². The van der Waals surface area contributed by atoms with Crippen molar-refractivity contribution >= 4 is 58.1 Å². The van der Waals surface area contributed by atoms with Gasteiger partial charge in [0.1, 0.15) is 6.04 Å². The van der Waals surface area contributed by atoms with Gasteiger partial charge in [-0.1, -0.05) is 97.6 Å². The molecule has 1 unspecified atom stereocenters. The van der Waals surface area contributed by atoms with Gasteiger partial charge in [-0.25, -0.2) is 0 Å². The molecule has 1 aromatic heterocycles. The quantitative estimate of drug-likeness (QED) is 0.0298. The van der Waals surface area contributed by atoms with Crippen LogP contribution in [0.5, 0.6) is 0 Å². The van der Waals surface area contributed by atoms with Gasteiger partial charge in [-0.15, -0.1) is 4.89 Å². The first-order chi connectivity index (χ1) is 25.5. The van der Waals surface area contributed by atoms with Crippen LogP contribution in [0.1, 0.15) is 56.2 Å². The summed E-state index contributed by atoms with van der Waals surface area (Å²) in [5.41, 5.74) is 12.9. The lowest BCUT2D eigenvalue weighted by Crippen LogP contribution is -2.51. The number of rotatable bonds is 19. The highest BCUT2D eigenvalue weighted by atomic mass is 35.5. The van der Waals surface area contributed by atoms with Gasteiger partial charge in [0.15, 0.2) is 12.1 Å². The van der Waals surface area contributed by atoms with E-state index in [4.69, 9.17) is 21.8 Å². The molecule has 12 nitrogen and oxygen atoms in total. The number of benzene rings is 3. The molecule has 0 bridgehead atoms. The Kier molecular flexibility index (Phi) is 18.6. The highest BCUT2D eigenvalue weighted by Crippen LogP contribution is 2.22. The van der Waals surface area contributed by atoms with Crippen molar-refractivity contribution in [2.24, 2.45) is 11.5 Å². The molecule has 0 saturated carbocycles. The average molecular weight is 763 g/mol. The lowest BCUT2D eigenvalue weighted by atomic mass is 9.98. The number of aromatic nitrogens is 1. The fourth-order valence-corrected chi connectivity index (χ4v) is 6.62. The SMILES string of the molecule is CCC[C@H](ONS[C@H](CC[C@H](Cc1ccc(Cl)cc1)NC(C)=O)Cc1ccccc1)C(=O)NC(Cc1cnc2ccccc2c1)C(=O)NC.N=C(N)N. The van der Waals surface area contributed by atoms with Gasteiger partial charge >= 0.3 is 0 Å². The summed E-state index contributed by atoms with van der Waals surface area (Å²) in [4.78, 5) is 52.0. The van der Waals surface area contributed by atoms with Crippen LogP contribution in [0, 0.1) is 5.41 Å². The highest BCUT2D eigenvalue weighted by molar-refractivity contribution is 7.97. The first kappa shape index (κ1) is 42.7. The minimum absolute atomic E-state index is 0.0588. The summed E-state index contributed by atoms with van der Waals surface area (Å²) < 4.78 is 0. The number of fused-ring (bicyclic) bond motifs is 1. The van der Waals surface area contributed by atoms with E-state index in [-0.39, 0.29) is 41.4 Å². The van der Waals surface area contributed by atoms with Crippen LogP contribution in [0.2, 0.25) is 5.02 Å². The monoisotopic (exact) mass is 762 g/mol. The second-order valence-corrected chi connectivity index (χ2v) is 14.1. The van der Waals surface area contributed by atoms with Crippen molar-refractivity contribution in [1.82, 2.24) is 25.8 Å². The molecule has 0 aliphatic rings. The number of carbonyl (C=O) groups excluding carboxylic acids is 3. The van der Waals surface area contributed by atoms with Gasteiger partial charge in [-0.05, 0) is 73.1 Å². The minimum Gasteiger partial charge on any atom is -0.370 e. The Labute approximate surface area is 321 Å². The van der Waals surface area contributed by atoms with Crippen molar-refractivity contribution in [1.29, 1.82) is 5.41 Å². The van der Waals surface area contributed by atoms with Gasteiger partial charge in [0.05, 0.1) is 5.52 Å². The number of pyridine rings is 1. The van der Waals surface area contributed by atoms with Gasteiger partial charge in [0.2, 0.25) is 11.8 Å². The second kappa shape index (κ2) is 23.1. The second-order valence-electron chi connectivity index (χ2n) is 12.6. The summed E-state index contributed by atoms with van der Waals surface area (Å²) in [5.74, 6) is -1.08. The largest absolute Gasteiger partial charge is 0.370 e. The Morgan fingerprint density at radius 3 is 2.17 bits per heavy atom. The van der Waals surface area contributed by atoms with Gasteiger partial charge in [0, 0.05) is 48.3 Å². The predicted octanol–water partition coefficient (Wildman–Crippen LogP) is 4.98. The average Bonchev–Trinajstić information content (AvgIpc) is 3.13. The van der Waals surface area contributed by atoms with E-state index in [9.17, 15) is 14.4 Å². The first-order valence-corrected chi connectivity index (χ1v) is 18.8. The predicted molar refractivity (Wildman–Crippen MR) is 214 cm³/mol. The molecule has 0 spiro atoms. The van der Waals surface area contributed by atoms with Crippen molar-refractivity contribution in [3.63, 3.8) is 0 Å².